The number of rotatable bonds is 4. The van der Waals surface area contributed by atoms with Crippen LogP contribution in [0.2, 0.25) is 0 Å². The van der Waals surface area contributed by atoms with Gasteiger partial charge in [0.05, 0.1) is 6.61 Å². The van der Waals surface area contributed by atoms with Gasteiger partial charge in [-0.05, 0) is 29.7 Å². The van der Waals surface area contributed by atoms with Gasteiger partial charge in [-0.25, -0.2) is 0 Å². The fraction of sp³-hybridized carbons (Fsp3) is 0.368. The summed E-state index contributed by atoms with van der Waals surface area (Å²) in [5.41, 5.74) is 2.85. The van der Waals surface area contributed by atoms with Crippen molar-refractivity contribution < 1.29 is 29.9 Å². The molecule has 0 radical (unpaired) electrons. The molecule has 134 valence electrons. The lowest BCUT2D eigenvalue weighted by atomic mass is 9.98. The van der Waals surface area contributed by atoms with Gasteiger partial charge in [-0.15, -0.1) is 0 Å². The maximum Gasteiger partial charge on any atom is 0.229 e. The number of aliphatic hydroxyl groups is 4. The Morgan fingerprint density at radius 2 is 1.64 bits per heavy atom. The molecule has 0 spiro atoms. The third-order valence-corrected chi connectivity index (χ3v) is 4.46. The Morgan fingerprint density at radius 3 is 2.32 bits per heavy atom. The summed E-state index contributed by atoms with van der Waals surface area (Å²) in [7, 11) is 0. The topological polar surface area (TPSA) is 99.4 Å². The van der Waals surface area contributed by atoms with Crippen molar-refractivity contribution in [3.8, 4) is 16.9 Å². The molecule has 3 rings (SSSR count). The van der Waals surface area contributed by atoms with E-state index in [1.807, 2.05) is 49.4 Å². The van der Waals surface area contributed by atoms with Crippen molar-refractivity contribution in [1.82, 2.24) is 0 Å². The smallest absolute Gasteiger partial charge is 0.229 e. The van der Waals surface area contributed by atoms with E-state index >= 15 is 0 Å². The first-order valence-electron chi connectivity index (χ1n) is 8.15. The zero-order valence-corrected chi connectivity index (χ0v) is 13.8. The minimum Gasteiger partial charge on any atom is -0.462 e. The van der Waals surface area contributed by atoms with Gasteiger partial charge in [0.2, 0.25) is 6.29 Å². The van der Waals surface area contributed by atoms with Crippen LogP contribution in [0.5, 0.6) is 5.75 Å². The van der Waals surface area contributed by atoms with Crippen LogP contribution in [0.3, 0.4) is 0 Å². The molecule has 25 heavy (non-hydrogen) atoms. The Bertz CT molecular complexity index is 702. The number of ether oxygens (including phenoxy) is 2. The Morgan fingerprint density at radius 1 is 0.920 bits per heavy atom. The van der Waals surface area contributed by atoms with Crippen LogP contribution in [-0.4, -0.2) is 57.7 Å². The molecule has 1 aliphatic rings. The molecule has 6 nitrogen and oxygen atoms in total. The van der Waals surface area contributed by atoms with E-state index in [0.717, 1.165) is 16.7 Å². The van der Waals surface area contributed by atoms with Crippen LogP contribution in [0, 0.1) is 6.92 Å². The highest BCUT2D eigenvalue weighted by atomic mass is 16.7. The third-order valence-electron chi connectivity index (χ3n) is 4.46. The second-order valence-corrected chi connectivity index (χ2v) is 6.11. The lowest BCUT2D eigenvalue weighted by Gasteiger charge is -2.39. The van der Waals surface area contributed by atoms with E-state index in [4.69, 9.17) is 9.47 Å². The van der Waals surface area contributed by atoms with Crippen molar-refractivity contribution in [2.24, 2.45) is 0 Å². The summed E-state index contributed by atoms with van der Waals surface area (Å²) in [6, 6.07) is 15.3. The number of hydrogen-bond donors (Lipinski definition) is 4. The van der Waals surface area contributed by atoms with Crippen LogP contribution >= 0.6 is 0 Å². The molecule has 4 N–H and O–H groups in total. The SMILES string of the molecule is Cc1c(O[C@H]2O[C@H](CO)[C@@H](O)[C@H](O)[C@@H]2O)cccc1-c1ccccc1. The molecule has 0 aliphatic carbocycles. The third kappa shape index (κ3) is 3.53. The fourth-order valence-corrected chi connectivity index (χ4v) is 2.96. The van der Waals surface area contributed by atoms with Crippen LogP contribution in [0.1, 0.15) is 5.56 Å². The molecule has 0 bridgehead atoms. The van der Waals surface area contributed by atoms with Crippen molar-refractivity contribution in [3.63, 3.8) is 0 Å². The quantitative estimate of drug-likeness (QED) is 0.655. The summed E-state index contributed by atoms with van der Waals surface area (Å²) in [6.45, 7) is 1.40. The molecule has 1 fully saturated rings. The molecule has 6 heteroatoms. The summed E-state index contributed by atoms with van der Waals surface area (Å²) in [4.78, 5) is 0. The first kappa shape index (κ1) is 17.8. The molecule has 2 aromatic carbocycles. The Kier molecular flexibility index (Phi) is 5.36. The van der Waals surface area contributed by atoms with Crippen LogP contribution < -0.4 is 4.74 Å². The van der Waals surface area contributed by atoms with Crippen molar-refractivity contribution in [1.29, 1.82) is 0 Å². The summed E-state index contributed by atoms with van der Waals surface area (Å²) in [6.07, 6.45) is -6.50. The van der Waals surface area contributed by atoms with Crippen LogP contribution in [-0.2, 0) is 4.74 Å². The van der Waals surface area contributed by atoms with Gasteiger partial charge in [0.25, 0.3) is 0 Å². The highest BCUT2D eigenvalue weighted by molar-refractivity contribution is 5.69. The van der Waals surface area contributed by atoms with Gasteiger partial charge < -0.3 is 29.9 Å². The number of hydrogen-bond acceptors (Lipinski definition) is 6. The minimum absolute atomic E-state index is 0.491. The average Bonchev–Trinajstić information content (AvgIpc) is 2.64. The second kappa shape index (κ2) is 7.51. The van der Waals surface area contributed by atoms with Crippen molar-refractivity contribution in [2.45, 2.75) is 37.6 Å². The highest BCUT2D eigenvalue weighted by Gasteiger charge is 2.44. The van der Waals surface area contributed by atoms with E-state index in [9.17, 15) is 20.4 Å². The second-order valence-electron chi connectivity index (χ2n) is 6.11. The lowest BCUT2D eigenvalue weighted by molar-refractivity contribution is -0.277. The number of benzene rings is 2. The monoisotopic (exact) mass is 346 g/mol. The molecule has 1 aliphatic heterocycles. The van der Waals surface area contributed by atoms with Crippen LogP contribution in [0.15, 0.2) is 48.5 Å². The van der Waals surface area contributed by atoms with Crippen molar-refractivity contribution in [2.75, 3.05) is 6.61 Å². The molecular weight excluding hydrogens is 324 g/mol. The standard InChI is InChI=1S/C19H22O6/c1-11-13(12-6-3-2-4-7-12)8-5-9-14(11)24-19-18(23)17(22)16(21)15(10-20)25-19/h2-9,15-23H,10H2,1H3/t15-,16-,17+,18+,19+/m1/s1. The first-order chi connectivity index (χ1) is 12.0. The van der Waals surface area contributed by atoms with Gasteiger partial charge in [-0.2, -0.15) is 0 Å². The average molecular weight is 346 g/mol. The highest BCUT2D eigenvalue weighted by Crippen LogP contribution is 2.32. The lowest BCUT2D eigenvalue weighted by Crippen LogP contribution is -2.60. The molecule has 0 amide bonds. The number of aliphatic hydroxyl groups excluding tert-OH is 4. The van der Waals surface area contributed by atoms with Gasteiger partial charge in [0.1, 0.15) is 30.2 Å². The molecule has 2 aromatic rings. The predicted octanol–water partition coefficient (Wildman–Crippen LogP) is 0.841. The summed E-state index contributed by atoms with van der Waals surface area (Å²) in [5, 5.41) is 39.1. The Labute approximate surface area is 145 Å². The van der Waals surface area contributed by atoms with E-state index in [1.54, 1.807) is 6.07 Å². The van der Waals surface area contributed by atoms with Gasteiger partial charge in [0, 0.05) is 0 Å². The first-order valence-corrected chi connectivity index (χ1v) is 8.15. The summed E-state index contributed by atoms with van der Waals surface area (Å²) < 4.78 is 11.2. The molecule has 1 saturated heterocycles. The summed E-state index contributed by atoms with van der Waals surface area (Å²) in [5.74, 6) is 0.491. The van der Waals surface area contributed by atoms with E-state index in [0.29, 0.717) is 5.75 Å². The van der Waals surface area contributed by atoms with Crippen LogP contribution in [0.4, 0.5) is 0 Å². The molecular formula is C19H22O6. The Balaban J connectivity index is 1.86. The maximum atomic E-state index is 10.1. The van der Waals surface area contributed by atoms with Gasteiger partial charge >= 0.3 is 0 Å². The zero-order chi connectivity index (χ0) is 18.0. The molecule has 0 unspecified atom stereocenters. The van der Waals surface area contributed by atoms with Gasteiger partial charge in [0.15, 0.2) is 0 Å². The molecule has 5 atom stereocenters. The maximum absolute atomic E-state index is 10.1. The minimum atomic E-state index is -1.46. The molecule has 0 aromatic heterocycles. The molecule has 0 saturated carbocycles. The Hall–Kier alpha value is -1.96. The van der Waals surface area contributed by atoms with Crippen LogP contribution in [0.25, 0.3) is 11.1 Å². The van der Waals surface area contributed by atoms with Gasteiger partial charge in [-0.1, -0.05) is 42.5 Å². The zero-order valence-electron chi connectivity index (χ0n) is 13.8. The van der Waals surface area contributed by atoms with Crippen molar-refractivity contribution in [3.05, 3.63) is 54.1 Å². The van der Waals surface area contributed by atoms with E-state index in [1.165, 1.54) is 0 Å². The fourth-order valence-electron chi connectivity index (χ4n) is 2.96. The largest absolute Gasteiger partial charge is 0.462 e. The normalized spacial score (nSPS) is 29.4. The molecule has 1 heterocycles. The predicted molar refractivity (Wildman–Crippen MR) is 91.0 cm³/mol. The summed E-state index contributed by atoms with van der Waals surface area (Å²) >= 11 is 0. The van der Waals surface area contributed by atoms with Gasteiger partial charge in [-0.3, -0.25) is 0 Å². The van der Waals surface area contributed by atoms with E-state index < -0.39 is 37.3 Å². The van der Waals surface area contributed by atoms with E-state index in [2.05, 4.69) is 0 Å². The van der Waals surface area contributed by atoms with E-state index in [-0.39, 0.29) is 0 Å². The van der Waals surface area contributed by atoms with Crippen molar-refractivity contribution >= 4 is 0 Å².